The van der Waals surface area contributed by atoms with E-state index in [1.54, 1.807) is 12.1 Å². The lowest BCUT2D eigenvalue weighted by atomic mass is 9.59. The Morgan fingerprint density at radius 3 is 1.03 bits per heavy atom. The molecule has 0 saturated heterocycles. The molecule has 0 atom stereocenters. The molecule has 9 heteroatoms. The lowest BCUT2D eigenvalue weighted by molar-refractivity contribution is 0.628. The highest BCUT2D eigenvalue weighted by molar-refractivity contribution is 6.71. The smallest absolute Gasteiger partial charge is 0.139 e. The summed E-state index contributed by atoms with van der Waals surface area (Å²) in [5, 5.41) is 5.20. The van der Waals surface area contributed by atoms with Gasteiger partial charge < -0.3 is 0 Å². The summed E-state index contributed by atoms with van der Waals surface area (Å²) in [7, 11) is 18.0. The molecule has 0 radical (unpaired) electrons. The Morgan fingerprint density at radius 2 is 0.686 bits per heavy atom. The molecule has 0 aliphatic carbocycles. The largest absolute Gasteiger partial charge is 0.207 e. The topological polar surface area (TPSA) is 0 Å². The Hall–Kier alpha value is -2.93. The van der Waals surface area contributed by atoms with Gasteiger partial charge in [-0.3, -0.25) is 0 Å². The Kier molecular flexibility index (Phi) is 5.86. The number of fused-ring (bicyclic) bond motifs is 2. The molecular formula is C26H25B8F. The molecule has 160 valence electrons. The molecule has 0 saturated carbocycles. The first-order valence-corrected chi connectivity index (χ1v) is 12.4. The van der Waals surface area contributed by atoms with Crippen molar-refractivity contribution in [2.45, 2.75) is 0 Å². The van der Waals surface area contributed by atoms with Crippen LogP contribution in [0.1, 0.15) is 0 Å². The van der Waals surface area contributed by atoms with E-state index >= 15 is 0 Å². The third kappa shape index (κ3) is 3.46. The van der Waals surface area contributed by atoms with E-state index in [0.29, 0.717) is 0 Å². The molecule has 0 aromatic heterocycles. The number of hydrogen-bond acceptors (Lipinski definition) is 0. The van der Waals surface area contributed by atoms with Crippen molar-refractivity contribution in [3.63, 3.8) is 0 Å². The highest BCUT2D eigenvalue weighted by Crippen LogP contribution is 2.40. The molecular weight excluding hydrogens is 418 g/mol. The molecule has 5 aromatic carbocycles. The first kappa shape index (κ1) is 23.8. The van der Waals surface area contributed by atoms with Crippen molar-refractivity contribution < 1.29 is 4.39 Å². The fourth-order valence-electron chi connectivity index (χ4n) is 5.92. The normalized spacial score (nSPS) is 11.3. The molecule has 0 aliphatic rings. The Labute approximate surface area is 214 Å². The zero-order valence-corrected chi connectivity index (χ0v) is 22.1. The van der Waals surface area contributed by atoms with E-state index in [4.69, 9.17) is 0 Å². The summed E-state index contributed by atoms with van der Waals surface area (Å²) in [5.74, 6) is -0.205. The highest BCUT2D eigenvalue weighted by atomic mass is 19.1. The van der Waals surface area contributed by atoms with E-state index in [2.05, 4.69) is 93.1 Å². The second kappa shape index (κ2) is 8.63. The van der Waals surface area contributed by atoms with Crippen LogP contribution in [0.25, 0.3) is 43.8 Å². The van der Waals surface area contributed by atoms with Gasteiger partial charge >= 0.3 is 0 Å². The monoisotopic (exact) mass is 444 g/mol. The van der Waals surface area contributed by atoms with Gasteiger partial charge in [0.15, 0.2) is 0 Å². The van der Waals surface area contributed by atoms with Crippen LogP contribution in [0.5, 0.6) is 0 Å². The molecule has 0 N–H and O–H groups in total. The van der Waals surface area contributed by atoms with Crippen molar-refractivity contribution in [2.75, 3.05) is 0 Å². The zero-order chi connectivity index (χ0) is 25.2. The Balaban J connectivity index is 2.24. The molecule has 0 unspecified atom stereocenters. The van der Waals surface area contributed by atoms with Gasteiger partial charge in [0.2, 0.25) is 0 Å². The number of halogens is 1. The van der Waals surface area contributed by atoms with Gasteiger partial charge in [0.25, 0.3) is 0 Å². The van der Waals surface area contributed by atoms with E-state index in [9.17, 15) is 4.39 Å². The van der Waals surface area contributed by atoms with Gasteiger partial charge in [0.1, 0.15) is 68.6 Å². The van der Waals surface area contributed by atoms with Crippen LogP contribution in [0.3, 0.4) is 0 Å². The first-order valence-electron chi connectivity index (χ1n) is 12.4. The van der Waals surface area contributed by atoms with Crippen LogP contribution >= 0.6 is 0 Å². The summed E-state index contributed by atoms with van der Waals surface area (Å²) in [6.07, 6.45) is 0. The number of benzene rings is 5. The van der Waals surface area contributed by atoms with Crippen LogP contribution in [-0.4, -0.2) is 62.8 Å². The van der Waals surface area contributed by atoms with Crippen LogP contribution < -0.4 is 43.7 Å². The molecule has 0 aliphatic heterocycles. The van der Waals surface area contributed by atoms with E-state index in [1.807, 2.05) is 12.1 Å². The molecule has 0 spiro atoms. The third-order valence-corrected chi connectivity index (χ3v) is 8.57. The highest BCUT2D eigenvalue weighted by Gasteiger charge is 2.24. The van der Waals surface area contributed by atoms with Crippen molar-refractivity contribution in [3.05, 3.63) is 60.4 Å². The van der Waals surface area contributed by atoms with Gasteiger partial charge in [0.05, 0.1) is 0 Å². The van der Waals surface area contributed by atoms with Gasteiger partial charge in [0, 0.05) is 0 Å². The Morgan fingerprint density at radius 1 is 0.371 bits per heavy atom. The standard InChI is InChI=1S/C26H25B8F/c27-19-15-13(10-4-2-1-3-5-10)16-18(22(30)26(34)24(32)20(16)28)14(11-6-8-12(35)9-7-11)17(15)21(29)25(33)23(19)31/h1-9H,27-34H2. The quantitative estimate of drug-likeness (QED) is 0.188. The maximum Gasteiger partial charge on any atom is 0.139 e. The average Bonchev–Trinajstić information content (AvgIpc) is 2.87. The van der Waals surface area contributed by atoms with E-state index in [0.717, 1.165) is 5.56 Å². The molecule has 35 heavy (non-hydrogen) atoms. The summed E-state index contributed by atoms with van der Waals surface area (Å²) < 4.78 is 14.0. The van der Waals surface area contributed by atoms with Crippen molar-refractivity contribution in [3.8, 4) is 22.3 Å². The van der Waals surface area contributed by atoms with Crippen molar-refractivity contribution in [1.29, 1.82) is 0 Å². The summed E-state index contributed by atoms with van der Waals surface area (Å²) in [5.41, 5.74) is 15.4. The zero-order valence-electron chi connectivity index (χ0n) is 22.1. The van der Waals surface area contributed by atoms with E-state index in [1.165, 1.54) is 81.9 Å². The lowest BCUT2D eigenvalue weighted by Crippen LogP contribution is -2.50. The van der Waals surface area contributed by atoms with Crippen LogP contribution in [0.15, 0.2) is 54.6 Å². The predicted molar refractivity (Wildman–Crippen MR) is 178 cm³/mol. The minimum absolute atomic E-state index is 0.205. The van der Waals surface area contributed by atoms with Crippen LogP contribution in [0.2, 0.25) is 0 Å². The van der Waals surface area contributed by atoms with Gasteiger partial charge in [-0.2, -0.15) is 0 Å². The third-order valence-electron chi connectivity index (χ3n) is 8.57. The maximum absolute atomic E-state index is 14.0. The summed E-state index contributed by atoms with van der Waals surface area (Å²) >= 11 is 0. The molecule has 0 fully saturated rings. The minimum Gasteiger partial charge on any atom is -0.207 e. The van der Waals surface area contributed by atoms with Crippen LogP contribution in [0, 0.1) is 5.82 Å². The average molecular weight is 443 g/mol. The van der Waals surface area contributed by atoms with Crippen LogP contribution in [-0.2, 0) is 0 Å². The molecule has 0 heterocycles. The van der Waals surface area contributed by atoms with Gasteiger partial charge in [-0.15, -0.1) is 21.9 Å². The van der Waals surface area contributed by atoms with Crippen LogP contribution in [0.4, 0.5) is 4.39 Å². The maximum atomic E-state index is 14.0. The number of hydrogen-bond donors (Lipinski definition) is 0. The van der Waals surface area contributed by atoms with Gasteiger partial charge in [-0.05, 0) is 55.9 Å². The SMILES string of the molecule is Bc1c(B)c(B)c2c(-c3ccc(F)cc3)c3c(B)c(B)c(B)c(B)c3c(-c3ccccc3)c2c1B. The molecule has 0 nitrogen and oxygen atoms in total. The second-order valence-electron chi connectivity index (χ2n) is 10.1. The molecule has 0 amide bonds. The molecule has 0 bridgehead atoms. The first-order chi connectivity index (χ1) is 16.6. The summed E-state index contributed by atoms with van der Waals surface area (Å²) in [4.78, 5) is 0. The number of rotatable bonds is 2. The van der Waals surface area contributed by atoms with Crippen molar-refractivity contribution in [2.24, 2.45) is 0 Å². The molecule has 5 aromatic rings. The van der Waals surface area contributed by atoms with Gasteiger partial charge in [-0.25, -0.2) is 4.39 Å². The summed E-state index contributed by atoms with van der Waals surface area (Å²) in [6, 6.07) is 17.9. The minimum atomic E-state index is -0.205. The second-order valence-corrected chi connectivity index (χ2v) is 10.1. The predicted octanol–water partition coefficient (Wildman–Crippen LogP) is -6.47. The fraction of sp³-hybridized carbons (Fsp3) is 0. The Bertz CT molecular complexity index is 1580. The lowest BCUT2D eigenvalue weighted by Gasteiger charge is -2.28. The molecule has 5 rings (SSSR count). The van der Waals surface area contributed by atoms with E-state index in [-0.39, 0.29) is 5.82 Å². The van der Waals surface area contributed by atoms with Gasteiger partial charge in [-0.1, -0.05) is 64.3 Å². The fourth-order valence-corrected chi connectivity index (χ4v) is 5.92. The summed E-state index contributed by atoms with van der Waals surface area (Å²) in [6.45, 7) is 0. The van der Waals surface area contributed by atoms with Crippen molar-refractivity contribution >= 4 is 128 Å². The van der Waals surface area contributed by atoms with Crippen molar-refractivity contribution in [1.82, 2.24) is 0 Å². The van der Waals surface area contributed by atoms with E-state index < -0.39 is 0 Å².